The van der Waals surface area contributed by atoms with Crippen LogP contribution in [0.25, 0.3) is 33.4 Å². The van der Waals surface area contributed by atoms with Crippen molar-refractivity contribution in [2.45, 2.75) is 27.3 Å². The summed E-state index contributed by atoms with van der Waals surface area (Å²) in [6, 6.07) is 28.6. The minimum Gasteiger partial charge on any atom is -0.421 e. The van der Waals surface area contributed by atoms with Gasteiger partial charge in [0.2, 0.25) is 11.8 Å². The molecule has 0 N–H and O–H groups in total. The summed E-state index contributed by atoms with van der Waals surface area (Å²) in [5.41, 5.74) is 5.92. The summed E-state index contributed by atoms with van der Waals surface area (Å²) in [6.07, 6.45) is 0. The molecule has 5 nitrogen and oxygen atoms in total. The van der Waals surface area contributed by atoms with E-state index in [4.69, 9.17) is 4.42 Å². The lowest BCUT2D eigenvalue weighted by molar-refractivity contribution is 0.0752. The highest BCUT2D eigenvalue weighted by atomic mass is 16.4. The van der Waals surface area contributed by atoms with Crippen molar-refractivity contribution in [3.05, 3.63) is 108 Å². The normalized spacial score (nSPS) is 11.1. The molecular formula is C30H27N3O2. The summed E-state index contributed by atoms with van der Waals surface area (Å²) in [7, 11) is 0. The van der Waals surface area contributed by atoms with Crippen molar-refractivity contribution in [3.63, 3.8) is 0 Å². The SMILES string of the molecule is CCN(Cc1ccc2ccccc2c1)C(=O)c1ccc(-c2cc(-c3nnc(C)o3)ccc2C)cc1. The fourth-order valence-electron chi connectivity index (χ4n) is 4.34. The van der Waals surface area contributed by atoms with Crippen LogP contribution in [0.1, 0.15) is 34.3 Å². The van der Waals surface area contributed by atoms with Gasteiger partial charge in [0.1, 0.15) is 0 Å². The Morgan fingerprint density at radius 3 is 2.29 bits per heavy atom. The van der Waals surface area contributed by atoms with E-state index in [0.717, 1.165) is 27.8 Å². The highest BCUT2D eigenvalue weighted by Gasteiger charge is 2.16. The van der Waals surface area contributed by atoms with Crippen molar-refractivity contribution in [3.8, 4) is 22.6 Å². The minimum absolute atomic E-state index is 0.0269. The molecule has 0 saturated carbocycles. The fourth-order valence-corrected chi connectivity index (χ4v) is 4.34. The number of benzene rings is 4. The summed E-state index contributed by atoms with van der Waals surface area (Å²) in [5, 5.41) is 10.4. The first-order chi connectivity index (χ1) is 17.0. The largest absolute Gasteiger partial charge is 0.421 e. The molecule has 1 heterocycles. The number of nitrogens with zero attached hydrogens (tertiary/aromatic N) is 3. The number of fused-ring (bicyclic) bond motifs is 1. The Morgan fingerprint density at radius 2 is 1.57 bits per heavy atom. The first-order valence-electron chi connectivity index (χ1n) is 11.8. The van der Waals surface area contributed by atoms with E-state index in [1.165, 1.54) is 10.8 Å². The Labute approximate surface area is 205 Å². The summed E-state index contributed by atoms with van der Waals surface area (Å²) in [5.74, 6) is 1.07. The number of carbonyl (C=O) groups excluding carboxylic acids is 1. The van der Waals surface area contributed by atoms with Crippen molar-refractivity contribution in [2.24, 2.45) is 0 Å². The molecule has 0 saturated heterocycles. The molecule has 174 valence electrons. The summed E-state index contributed by atoms with van der Waals surface area (Å²) in [6.45, 7) is 7.08. The van der Waals surface area contributed by atoms with Gasteiger partial charge in [-0.25, -0.2) is 0 Å². The van der Waals surface area contributed by atoms with E-state index in [-0.39, 0.29) is 5.91 Å². The van der Waals surface area contributed by atoms with Crippen LogP contribution < -0.4 is 0 Å². The Bertz CT molecular complexity index is 1500. The molecule has 0 aliphatic heterocycles. The van der Waals surface area contributed by atoms with E-state index in [1.54, 1.807) is 6.92 Å². The zero-order chi connectivity index (χ0) is 24.4. The van der Waals surface area contributed by atoms with Crippen LogP contribution in [-0.4, -0.2) is 27.5 Å². The molecule has 1 aromatic heterocycles. The summed E-state index contributed by atoms with van der Waals surface area (Å²) >= 11 is 0. The van der Waals surface area contributed by atoms with Gasteiger partial charge in [0, 0.05) is 31.1 Å². The summed E-state index contributed by atoms with van der Waals surface area (Å²) < 4.78 is 5.59. The quantitative estimate of drug-likeness (QED) is 0.278. The van der Waals surface area contributed by atoms with Crippen LogP contribution in [0.2, 0.25) is 0 Å². The van der Waals surface area contributed by atoms with Crippen molar-refractivity contribution in [1.82, 2.24) is 15.1 Å². The number of amides is 1. The van der Waals surface area contributed by atoms with Crippen LogP contribution >= 0.6 is 0 Å². The first-order valence-corrected chi connectivity index (χ1v) is 11.8. The third-order valence-corrected chi connectivity index (χ3v) is 6.31. The topological polar surface area (TPSA) is 59.2 Å². The van der Waals surface area contributed by atoms with Gasteiger partial charge in [-0.05, 0) is 77.2 Å². The van der Waals surface area contributed by atoms with Gasteiger partial charge < -0.3 is 9.32 Å². The molecule has 5 rings (SSSR count). The second-order valence-corrected chi connectivity index (χ2v) is 8.73. The molecule has 0 fully saturated rings. The van der Waals surface area contributed by atoms with Crippen LogP contribution in [-0.2, 0) is 6.54 Å². The minimum atomic E-state index is 0.0269. The molecule has 0 bridgehead atoms. The van der Waals surface area contributed by atoms with E-state index >= 15 is 0 Å². The molecule has 1 amide bonds. The Kier molecular flexibility index (Phi) is 6.15. The second-order valence-electron chi connectivity index (χ2n) is 8.73. The molecule has 5 aromatic rings. The lowest BCUT2D eigenvalue weighted by Crippen LogP contribution is -2.30. The monoisotopic (exact) mass is 461 g/mol. The molecular weight excluding hydrogens is 434 g/mol. The van der Waals surface area contributed by atoms with Crippen LogP contribution in [0.4, 0.5) is 0 Å². The number of rotatable bonds is 6. The molecule has 0 unspecified atom stereocenters. The zero-order valence-electron chi connectivity index (χ0n) is 20.2. The number of hydrogen-bond donors (Lipinski definition) is 0. The van der Waals surface area contributed by atoms with Gasteiger partial charge in [-0.15, -0.1) is 10.2 Å². The van der Waals surface area contributed by atoms with Gasteiger partial charge in [-0.1, -0.05) is 54.6 Å². The van der Waals surface area contributed by atoms with Crippen molar-refractivity contribution < 1.29 is 9.21 Å². The number of aryl methyl sites for hydroxylation is 2. The van der Waals surface area contributed by atoms with Gasteiger partial charge in [0.25, 0.3) is 5.91 Å². The Morgan fingerprint density at radius 1 is 0.829 bits per heavy atom. The van der Waals surface area contributed by atoms with E-state index < -0.39 is 0 Å². The van der Waals surface area contributed by atoms with Crippen molar-refractivity contribution in [2.75, 3.05) is 6.54 Å². The van der Waals surface area contributed by atoms with Gasteiger partial charge in [0.05, 0.1) is 0 Å². The number of aromatic nitrogens is 2. The van der Waals surface area contributed by atoms with Crippen LogP contribution in [0, 0.1) is 13.8 Å². The van der Waals surface area contributed by atoms with Gasteiger partial charge >= 0.3 is 0 Å². The van der Waals surface area contributed by atoms with Crippen molar-refractivity contribution >= 4 is 16.7 Å². The van der Waals surface area contributed by atoms with E-state index in [2.05, 4.69) is 53.5 Å². The lowest BCUT2D eigenvalue weighted by atomic mass is 9.97. The summed E-state index contributed by atoms with van der Waals surface area (Å²) in [4.78, 5) is 15.2. The van der Waals surface area contributed by atoms with Crippen LogP contribution in [0.3, 0.4) is 0 Å². The molecule has 0 spiro atoms. The Balaban J connectivity index is 1.37. The highest BCUT2D eigenvalue weighted by molar-refractivity contribution is 5.95. The molecule has 0 aliphatic rings. The molecule has 4 aromatic carbocycles. The molecule has 0 aliphatic carbocycles. The lowest BCUT2D eigenvalue weighted by Gasteiger charge is -2.21. The number of carbonyl (C=O) groups is 1. The van der Waals surface area contributed by atoms with Crippen LogP contribution in [0.15, 0.2) is 89.3 Å². The smallest absolute Gasteiger partial charge is 0.254 e. The average Bonchev–Trinajstić information content (AvgIpc) is 3.33. The molecule has 5 heteroatoms. The van der Waals surface area contributed by atoms with Gasteiger partial charge in [-0.3, -0.25) is 4.79 Å². The van der Waals surface area contributed by atoms with Crippen LogP contribution in [0.5, 0.6) is 0 Å². The maximum Gasteiger partial charge on any atom is 0.254 e. The van der Waals surface area contributed by atoms with Crippen molar-refractivity contribution in [1.29, 1.82) is 0 Å². The third-order valence-electron chi connectivity index (χ3n) is 6.31. The van der Waals surface area contributed by atoms with E-state index in [9.17, 15) is 4.79 Å². The average molecular weight is 462 g/mol. The van der Waals surface area contributed by atoms with Gasteiger partial charge in [-0.2, -0.15) is 0 Å². The number of hydrogen-bond acceptors (Lipinski definition) is 4. The molecule has 0 atom stereocenters. The fraction of sp³-hybridized carbons (Fsp3) is 0.167. The van der Waals surface area contributed by atoms with E-state index in [1.807, 2.05) is 60.4 Å². The Hall–Kier alpha value is -4.25. The molecule has 35 heavy (non-hydrogen) atoms. The second kappa shape index (κ2) is 9.55. The predicted molar refractivity (Wildman–Crippen MR) is 139 cm³/mol. The highest BCUT2D eigenvalue weighted by Crippen LogP contribution is 2.29. The standard InChI is InChI=1S/C30H27N3O2/c1-4-33(19-22-10-12-23-7-5-6-8-26(23)17-22)30(34)25-15-13-24(14-16-25)28-18-27(11-9-20(28)2)29-32-31-21(3)35-29/h5-18H,4,19H2,1-3H3. The first kappa shape index (κ1) is 22.5. The molecule has 0 radical (unpaired) electrons. The predicted octanol–water partition coefficient (Wildman–Crippen LogP) is 6.84. The van der Waals surface area contributed by atoms with E-state index in [0.29, 0.717) is 30.4 Å². The van der Waals surface area contributed by atoms with Gasteiger partial charge in [0.15, 0.2) is 0 Å². The zero-order valence-corrected chi connectivity index (χ0v) is 20.2. The maximum absolute atomic E-state index is 13.3. The maximum atomic E-state index is 13.3. The third kappa shape index (κ3) is 4.71.